The molecule has 0 aromatic heterocycles. The van der Waals surface area contributed by atoms with Crippen molar-refractivity contribution in [2.75, 3.05) is 19.6 Å². The minimum atomic E-state index is 0.393. The number of halogens is 1. The van der Waals surface area contributed by atoms with E-state index in [4.69, 9.17) is 4.74 Å². The molecule has 0 radical (unpaired) electrons. The van der Waals surface area contributed by atoms with Crippen LogP contribution in [0.1, 0.15) is 26.2 Å². The van der Waals surface area contributed by atoms with Crippen LogP contribution in [0.3, 0.4) is 0 Å². The first kappa shape index (κ1) is 12.9. The SMILES string of the molecule is CCCN1CCC(Oc2ccc(Br)cc2)CC1. The number of nitrogens with zero attached hydrogens (tertiary/aromatic N) is 1. The van der Waals surface area contributed by atoms with Gasteiger partial charge in [0.1, 0.15) is 11.9 Å². The van der Waals surface area contributed by atoms with Crippen molar-refractivity contribution < 1.29 is 4.74 Å². The quantitative estimate of drug-likeness (QED) is 0.840. The van der Waals surface area contributed by atoms with Gasteiger partial charge in [0.15, 0.2) is 0 Å². The number of rotatable bonds is 4. The molecule has 1 aliphatic heterocycles. The van der Waals surface area contributed by atoms with E-state index >= 15 is 0 Å². The largest absolute Gasteiger partial charge is 0.490 e. The molecule has 2 nitrogen and oxygen atoms in total. The summed E-state index contributed by atoms with van der Waals surface area (Å²) < 4.78 is 7.09. The predicted molar refractivity (Wildman–Crippen MR) is 74.5 cm³/mol. The van der Waals surface area contributed by atoms with Crippen LogP contribution in [-0.2, 0) is 0 Å². The fraction of sp³-hybridized carbons (Fsp3) is 0.571. The zero-order valence-electron chi connectivity index (χ0n) is 10.4. The molecule has 1 saturated heterocycles. The van der Waals surface area contributed by atoms with E-state index in [9.17, 15) is 0 Å². The van der Waals surface area contributed by atoms with Crippen LogP contribution in [0.4, 0.5) is 0 Å². The summed E-state index contributed by atoms with van der Waals surface area (Å²) in [6.45, 7) is 5.82. The highest BCUT2D eigenvalue weighted by atomic mass is 79.9. The zero-order chi connectivity index (χ0) is 12.1. The molecule has 0 bridgehead atoms. The molecule has 17 heavy (non-hydrogen) atoms. The van der Waals surface area contributed by atoms with Gasteiger partial charge in [0.05, 0.1) is 0 Å². The Bertz CT molecular complexity index is 331. The third-order valence-corrected chi connectivity index (χ3v) is 3.72. The second-order valence-corrected chi connectivity index (χ2v) is 5.53. The van der Waals surface area contributed by atoms with Crippen molar-refractivity contribution in [1.82, 2.24) is 4.90 Å². The lowest BCUT2D eigenvalue weighted by Gasteiger charge is -2.31. The third-order valence-electron chi connectivity index (χ3n) is 3.19. The normalized spacial score (nSPS) is 18.2. The van der Waals surface area contributed by atoms with E-state index in [-0.39, 0.29) is 0 Å². The molecule has 0 atom stereocenters. The molecule has 0 N–H and O–H groups in total. The molecule has 0 spiro atoms. The molecule has 1 heterocycles. The lowest BCUT2D eigenvalue weighted by atomic mass is 10.1. The van der Waals surface area contributed by atoms with Crippen LogP contribution in [0, 0.1) is 0 Å². The maximum Gasteiger partial charge on any atom is 0.119 e. The van der Waals surface area contributed by atoms with Gasteiger partial charge >= 0.3 is 0 Å². The van der Waals surface area contributed by atoms with Gasteiger partial charge in [-0.1, -0.05) is 22.9 Å². The highest BCUT2D eigenvalue weighted by Crippen LogP contribution is 2.21. The zero-order valence-corrected chi connectivity index (χ0v) is 11.9. The van der Waals surface area contributed by atoms with Gasteiger partial charge in [0.2, 0.25) is 0 Å². The number of ether oxygens (including phenoxy) is 1. The molecule has 1 aromatic carbocycles. The van der Waals surface area contributed by atoms with Crippen molar-refractivity contribution in [3.63, 3.8) is 0 Å². The molecular formula is C14H20BrNO. The van der Waals surface area contributed by atoms with Crippen LogP contribution in [0.2, 0.25) is 0 Å². The van der Waals surface area contributed by atoms with Crippen molar-refractivity contribution in [3.05, 3.63) is 28.7 Å². The van der Waals surface area contributed by atoms with Crippen molar-refractivity contribution in [1.29, 1.82) is 0 Å². The molecule has 0 unspecified atom stereocenters. The van der Waals surface area contributed by atoms with E-state index in [2.05, 4.69) is 27.8 Å². The van der Waals surface area contributed by atoms with Gasteiger partial charge in [-0.25, -0.2) is 0 Å². The lowest BCUT2D eigenvalue weighted by molar-refractivity contribution is 0.101. The second kappa shape index (κ2) is 6.41. The Morgan fingerprint density at radius 1 is 1.24 bits per heavy atom. The van der Waals surface area contributed by atoms with Gasteiger partial charge in [0.25, 0.3) is 0 Å². The molecule has 3 heteroatoms. The molecule has 94 valence electrons. The van der Waals surface area contributed by atoms with Crippen molar-refractivity contribution in [2.24, 2.45) is 0 Å². The maximum atomic E-state index is 5.99. The van der Waals surface area contributed by atoms with Crippen LogP contribution in [-0.4, -0.2) is 30.6 Å². The van der Waals surface area contributed by atoms with E-state index in [1.807, 2.05) is 24.3 Å². The number of hydrogen-bond acceptors (Lipinski definition) is 2. The number of likely N-dealkylation sites (tertiary alicyclic amines) is 1. The molecule has 0 aliphatic carbocycles. The molecule has 1 aliphatic rings. The van der Waals surface area contributed by atoms with Crippen LogP contribution < -0.4 is 4.74 Å². The van der Waals surface area contributed by atoms with Crippen molar-refractivity contribution >= 4 is 15.9 Å². The van der Waals surface area contributed by atoms with Crippen LogP contribution in [0.25, 0.3) is 0 Å². The van der Waals surface area contributed by atoms with Crippen LogP contribution >= 0.6 is 15.9 Å². The van der Waals surface area contributed by atoms with E-state index < -0.39 is 0 Å². The smallest absolute Gasteiger partial charge is 0.119 e. The Balaban J connectivity index is 1.79. The van der Waals surface area contributed by atoms with Gasteiger partial charge in [-0.05, 0) is 50.1 Å². The highest BCUT2D eigenvalue weighted by Gasteiger charge is 2.19. The van der Waals surface area contributed by atoms with Crippen LogP contribution in [0.5, 0.6) is 5.75 Å². The van der Waals surface area contributed by atoms with Crippen molar-refractivity contribution in [3.8, 4) is 5.75 Å². The Morgan fingerprint density at radius 2 is 1.88 bits per heavy atom. The Labute approximate surface area is 112 Å². The molecule has 1 aromatic rings. The van der Waals surface area contributed by atoms with Gasteiger partial charge < -0.3 is 9.64 Å². The first-order valence-corrected chi connectivity index (χ1v) is 7.22. The summed E-state index contributed by atoms with van der Waals surface area (Å²) in [5.41, 5.74) is 0. The lowest BCUT2D eigenvalue weighted by Crippen LogP contribution is -2.38. The standard InChI is InChI=1S/C14H20BrNO/c1-2-9-16-10-7-14(8-11-16)17-13-5-3-12(15)4-6-13/h3-6,14H,2,7-11H2,1H3. The summed E-state index contributed by atoms with van der Waals surface area (Å²) >= 11 is 3.43. The van der Waals surface area contributed by atoms with E-state index in [1.54, 1.807) is 0 Å². The Morgan fingerprint density at radius 3 is 2.47 bits per heavy atom. The molecule has 0 saturated carbocycles. The molecule has 0 amide bonds. The fourth-order valence-corrected chi connectivity index (χ4v) is 2.54. The first-order chi connectivity index (χ1) is 8.28. The van der Waals surface area contributed by atoms with Crippen molar-refractivity contribution in [2.45, 2.75) is 32.3 Å². The summed E-state index contributed by atoms with van der Waals surface area (Å²) in [6, 6.07) is 8.12. The van der Waals surface area contributed by atoms with E-state index in [1.165, 1.54) is 26.1 Å². The predicted octanol–water partition coefficient (Wildman–Crippen LogP) is 3.70. The minimum Gasteiger partial charge on any atom is -0.490 e. The molecular weight excluding hydrogens is 278 g/mol. The van der Waals surface area contributed by atoms with Crippen LogP contribution in [0.15, 0.2) is 28.7 Å². The van der Waals surface area contributed by atoms with Gasteiger partial charge in [0, 0.05) is 17.6 Å². The summed E-state index contributed by atoms with van der Waals surface area (Å²) in [6.07, 6.45) is 3.94. The summed E-state index contributed by atoms with van der Waals surface area (Å²) in [7, 11) is 0. The molecule has 1 fully saturated rings. The fourth-order valence-electron chi connectivity index (χ4n) is 2.27. The average molecular weight is 298 g/mol. The third kappa shape index (κ3) is 4.00. The monoisotopic (exact) mass is 297 g/mol. The molecule has 2 rings (SSSR count). The maximum absolute atomic E-state index is 5.99. The highest BCUT2D eigenvalue weighted by molar-refractivity contribution is 9.10. The van der Waals surface area contributed by atoms with Gasteiger partial charge in [-0.15, -0.1) is 0 Å². The summed E-state index contributed by atoms with van der Waals surface area (Å²) in [5.74, 6) is 0.988. The van der Waals surface area contributed by atoms with Gasteiger partial charge in [-0.3, -0.25) is 0 Å². The second-order valence-electron chi connectivity index (χ2n) is 4.61. The average Bonchev–Trinajstić information content (AvgIpc) is 2.35. The topological polar surface area (TPSA) is 12.5 Å². The summed E-state index contributed by atoms with van der Waals surface area (Å²) in [4.78, 5) is 2.53. The van der Waals surface area contributed by atoms with Gasteiger partial charge in [-0.2, -0.15) is 0 Å². The Hall–Kier alpha value is -0.540. The summed E-state index contributed by atoms with van der Waals surface area (Å²) in [5, 5.41) is 0. The minimum absolute atomic E-state index is 0.393. The number of hydrogen-bond donors (Lipinski definition) is 0. The Kier molecular flexibility index (Phi) is 4.86. The van der Waals surface area contributed by atoms with E-state index in [0.717, 1.165) is 23.1 Å². The van der Waals surface area contributed by atoms with E-state index in [0.29, 0.717) is 6.10 Å². The number of benzene rings is 1. The first-order valence-electron chi connectivity index (χ1n) is 6.42. The number of piperidine rings is 1.